The molecule has 1 aromatic carbocycles. The molecule has 0 saturated carbocycles. The van der Waals surface area contributed by atoms with Crippen molar-refractivity contribution < 1.29 is 9.59 Å². The van der Waals surface area contributed by atoms with E-state index in [4.69, 9.17) is 0 Å². The Morgan fingerprint density at radius 2 is 1.90 bits per heavy atom. The van der Waals surface area contributed by atoms with Gasteiger partial charge in [0, 0.05) is 51.1 Å². The molecule has 1 aromatic heterocycles. The van der Waals surface area contributed by atoms with Gasteiger partial charge in [-0.3, -0.25) is 19.4 Å². The van der Waals surface area contributed by atoms with E-state index in [9.17, 15) is 9.59 Å². The molecule has 0 N–H and O–H groups in total. The second-order valence-electron chi connectivity index (χ2n) is 7.44. The molecular weight excluding hydrogens is 384 g/mol. The number of aromatic nitrogens is 1. The first-order valence-electron chi connectivity index (χ1n) is 10.2. The van der Waals surface area contributed by atoms with Crippen LogP contribution >= 0.6 is 11.3 Å². The SMILES string of the molecule is O=C(Cc1csc(N2CCCC2=O)n1)N1CCN(CC=Cc2ccccc2)CC1. The number of amides is 2. The maximum Gasteiger partial charge on any atom is 0.228 e. The molecule has 0 spiro atoms. The summed E-state index contributed by atoms with van der Waals surface area (Å²) in [6.07, 6.45) is 6.12. The summed E-state index contributed by atoms with van der Waals surface area (Å²) in [4.78, 5) is 35.0. The smallest absolute Gasteiger partial charge is 0.228 e. The number of rotatable bonds is 6. The molecule has 2 aromatic rings. The number of carbonyl (C=O) groups excluding carboxylic acids is 2. The fourth-order valence-electron chi connectivity index (χ4n) is 3.70. The minimum atomic E-state index is 0.120. The van der Waals surface area contributed by atoms with Crippen LogP contribution in [0.2, 0.25) is 0 Å². The minimum absolute atomic E-state index is 0.120. The molecule has 2 aliphatic heterocycles. The minimum Gasteiger partial charge on any atom is -0.340 e. The molecule has 2 amide bonds. The number of hydrogen-bond donors (Lipinski definition) is 0. The van der Waals surface area contributed by atoms with Gasteiger partial charge in [0.25, 0.3) is 0 Å². The highest BCUT2D eigenvalue weighted by Crippen LogP contribution is 2.25. The summed E-state index contributed by atoms with van der Waals surface area (Å²) in [6, 6.07) is 10.3. The first-order valence-corrected chi connectivity index (χ1v) is 11.0. The summed E-state index contributed by atoms with van der Waals surface area (Å²) < 4.78 is 0. The normalized spacial score (nSPS) is 18.1. The predicted molar refractivity (Wildman–Crippen MR) is 116 cm³/mol. The molecule has 4 rings (SSSR count). The van der Waals surface area contributed by atoms with Crippen molar-refractivity contribution in [2.24, 2.45) is 0 Å². The van der Waals surface area contributed by atoms with Gasteiger partial charge in [0.2, 0.25) is 11.8 Å². The summed E-state index contributed by atoms with van der Waals surface area (Å²) >= 11 is 1.45. The summed E-state index contributed by atoms with van der Waals surface area (Å²) in [5.41, 5.74) is 1.97. The summed E-state index contributed by atoms with van der Waals surface area (Å²) in [6.45, 7) is 4.90. The molecule has 152 valence electrons. The van der Waals surface area contributed by atoms with E-state index in [1.165, 1.54) is 16.9 Å². The van der Waals surface area contributed by atoms with Crippen molar-refractivity contribution in [2.75, 3.05) is 44.2 Å². The molecule has 3 heterocycles. The Hall–Kier alpha value is -2.51. The second kappa shape index (κ2) is 9.33. The molecule has 6 nitrogen and oxygen atoms in total. The zero-order valence-electron chi connectivity index (χ0n) is 16.5. The molecule has 0 atom stereocenters. The number of piperazine rings is 1. The van der Waals surface area contributed by atoms with Crippen LogP contribution in [0, 0.1) is 0 Å². The van der Waals surface area contributed by atoms with Crippen LogP contribution < -0.4 is 4.90 Å². The van der Waals surface area contributed by atoms with Crippen LogP contribution in [0.3, 0.4) is 0 Å². The maximum absolute atomic E-state index is 12.6. The van der Waals surface area contributed by atoms with E-state index in [0.717, 1.165) is 56.5 Å². The Bertz CT molecular complexity index is 872. The van der Waals surface area contributed by atoms with Crippen molar-refractivity contribution in [1.29, 1.82) is 0 Å². The van der Waals surface area contributed by atoms with Gasteiger partial charge in [-0.05, 0) is 12.0 Å². The van der Waals surface area contributed by atoms with E-state index < -0.39 is 0 Å². The lowest BCUT2D eigenvalue weighted by Gasteiger charge is -2.34. The number of benzene rings is 1. The summed E-state index contributed by atoms with van der Waals surface area (Å²) in [7, 11) is 0. The largest absolute Gasteiger partial charge is 0.340 e. The highest BCUT2D eigenvalue weighted by atomic mass is 32.1. The number of hydrogen-bond acceptors (Lipinski definition) is 5. The lowest BCUT2D eigenvalue weighted by atomic mass is 10.2. The van der Waals surface area contributed by atoms with Crippen molar-refractivity contribution in [3.63, 3.8) is 0 Å². The summed E-state index contributed by atoms with van der Waals surface area (Å²) in [5.74, 6) is 0.253. The van der Waals surface area contributed by atoms with Crippen LogP contribution in [0.15, 0.2) is 41.8 Å². The third kappa shape index (κ3) is 5.10. The lowest BCUT2D eigenvalue weighted by Crippen LogP contribution is -2.49. The molecular formula is C22H26N4O2S. The first kappa shape index (κ1) is 19.8. The Kier molecular flexibility index (Phi) is 6.36. The van der Waals surface area contributed by atoms with E-state index in [0.29, 0.717) is 12.8 Å². The lowest BCUT2D eigenvalue weighted by molar-refractivity contribution is -0.132. The molecule has 0 radical (unpaired) electrons. The van der Waals surface area contributed by atoms with E-state index in [-0.39, 0.29) is 11.8 Å². The number of anilines is 1. The zero-order chi connectivity index (χ0) is 20.1. The molecule has 0 unspecified atom stereocenters. The Morgan fingerprint density at radius 1 is 1.10 bits per heavy atom. The third-order valence-corrected chi connectivity index (χ3v) is 6.29. The Morgan fingerprint density at radius 3 is 2.62 bits per heavy atom. The molecule has 29 heavy (non-hydrogen) atoms. The van der Waals surface area contributed by atoms with Crippen molar-refractivity contribution >= 4 is 34.4 Å². The maximum atomic E-state index is 12.6. The van der Waals surface area contributed by atoms with Crippen LogP contribution in [-0.2, 0) is 16.0 Å². The van der Waals surface area contributed by atoms with Crippen molar-refractivity contribution in [1.82, 2.24) is 14.8 Å². The average molecular weight is 411 g/mol. The van der Waals surface area contributed by atoms with Gasteiger partial charge in [0.05, 0.1) is 12.1 Å². The van der Waals surface area contributed by atoms with Crippen molar-refractivity contribution in [3.05, 3.63) is 53.0 Å². The van der Waals surface area contributed by atoms with Gasteiger partial charge in [0.15, 0.2) is 5.13 Å². The molecule has 2 aliphatic rings. The molecule has 7 heteroatoms. The van der Waals surface area contributed by atoms with Gasteiger partial charge < -0.3 is 4.90 Å². The second-order valence-corrected chi connectivity index (χ2v) is 8.28. The van der Waals surface area contributed by atoms with Crippen LogP contribution in [0.1, 0.15) is 24.1 Å². The average Bonchev–Trinajstić information content (AvgIpc) is 3.38. The first-order chi connectivity index (χ1) is 14.2. The molecule has 0 bridgehead atoms. The highest BCUT2D eigenvalue weighted by molar-refractivity contribution is 7.14. The fourth-order valence-corrected chi connectivity index (χ4v) is 4.57. The van der Waals surface area contributed by atoms with E-state index in [1.807, 2.05) is 28.5 Å². The van der Waals surface area contributed by atoms with Crippen molar-refractivity contribution in [2.45, 2.75) is 19.3 Å². The molecule has 2 fully saturated rings. The molecule has 0 aliphatic carbocycles. The standard InChI is InChI=1S/C22H26N4O2S/c27-20-9-5-11-26(20)22-23-19(17-29-22)16-21(28)25-14-12-24(13-15-25)10-4-8-18-6-2-1-3-7-18/h1-4,6-8,17H,5,9-16H2. The summed E-state index contributed by atoms with van der Waals surface area (Å²) in [5, 5.41) is 2.63. The zero-order valence-corrected chi connectivity index (χ0v) is 17.3. The van der Waals surface area contributed by atoms with Gasteiger partial charge in [-0.15, -0.1) is 11.3 Å². The van der Waals surface area contributed by atoms with Gasteiger partial charge in [-0.25, -0.2) is 4.98 Å². The van der Waals surface area contributed by atoms with Gasteiger partial charge in [-0.1, -0.05) is 42.5 Å². The van der Waals surface area contributed by atoms with Gasteiger partial charge in [-0.2, -0.15) is 0 Å². The Labute approximate surface area is 175 Å². The van der Waals surface area contributed by atoms with Gasteiger partial charge in [0.1, 0.15) is 0 Å². The van der Waals surface area contributed by atoms with Crippen LogP contribution in [0.4, 0.5) is 5.13 Å². The van der Waals surface area contributed by atoms with E-state index in [2.05, 4.69) is 34.2 Å². The van der Waals surface area contributed by atoms with Crippen molar-refractivity contribution in [3.8, 4) is 0 Å². The Balaban J connectivity index is 1.22. The topological polar surface area (TPSA) is 56.8 Å². The van der Waals surface area contributed by atoms with Crippen LogP contribution in [0.25, 0.3) is 6.08 Å². The number of thiazole rings is 1. The van der Waals surface area contributed by atoms with Crippen LogP contribution in [0.5, 0.6) is 0 Å². The third-order valence-electron chi connectivity index (χ3n) is 5.37. The molecule has 2 saturated heterocycles. The number of nitrogens with zero attached hydrogens (tertiary/aromatic N) is 4. The predicted octanol–water partition coefficient (Wildman–Crippen LogP) is 2.67. The fraction of sp³-hybridized carbons (Fsp3) is 0.409. The quantitative estimate of drug-likeness (QED) is 0.735. The van der Waals surface area contributed by atoms with E-state index in [1.54, 1.807) is 4.90 Å². The van der Waals surface area contributed by atoms with Gasteiger partial charge >= 0.3 is 0 Å². The van der Waals surface area contributed by atoms with E-state index >= 15 is 0 Å². The monoisotopic (exact) mass is 410 g/mol. The van der Waals surface area contributed by atoms with Crippen LogP contribution in [-0.4, -0.2) is 65.9 Å². The highest BCUT2D eigenvalue weighted by Gasteiger charge is 2.25. The number of carbonyl (C=O) groups is 2.